The summed E-state index contributed by atoms with van der Waals surface area (Å²) in [6, 6.07) is 5.52. The minimum atomic E-state index is -0.847. The van der Waals surface area contributed by atoms with Crippen molar-refractivity contribution in [1.29, 1.82) is 0 Å². The van der Waals surface area contributed by atoms with Gasteiger partial charge in [-0.25, -0.2) is 0 Å². The molecule has 3 N–H and O–H groups in total. The number of benzene rings is 1. The van der Waals surface area contributed by atoms with Crippen molar-refractivity contribution < 1.29 is 14.4 Å². The van der Waals surface area contributed by atoms with Gasteiger partial charge in [0.05, 0.1) is 0 Å². The molecule has 1 fully saturated rings. The molecule has 0 radical (unpaired) electrons. The molecule has 136 valence electrons. The second-order valence-electron chi connectivity index (χ2n) is 7.30. The summed E-state index contributed by atoms with van der Waals surface area (Å²) in [4.78, 5) is 38.8. The number of thioether (sulfide) groups is 1. The normalized spacial score (nSPS) is 20.6. The molecule has 0 bridgehead atoms. The van der Waals surface area contributed by atoms with E-state index in [9.17, 15) is 14.4 Å². The van der Waals surface area contributed by atoms with E-state index in [-0.39, 0.29) is 11.8 Å². The lowest BCUT2D eigenvalue weighted by molar-refractivity contribution is -0.131. The maximum absolute atomic E-state index is 12.9. The summed E-state index contributed by atoms with van der Waals surface area (Å²) in [7, 11) is 0. The molecule has 25 heavy (non-hydrogen) atoms. The van der Waals surface area contributed by atoms with Gasteiger partial charge in [-0.2, -0.15) is 0 Å². The van der Waals surface area contributed by atoms with Crippen LogP contribution in [0, 0.1) is 0 Å². The van der Waals surface area contributed by atoms with Crippen LogP contribution in [0.4, 0.5) is 4.79 Å². The zero-order chi connectivity index (χ0) is 19.0. The number of carbonyl (C=O) groups is 3. The number of hydrogen-bond acceptors (Lipinski definition) is 5. The standard InChI is InChI=1S/C17H22ClN3O3S/c1-16(2,19)9-21-14(23)12(17(3,4)25-15(21)24)20-13(22)10-5-7-11(18)8-6-10/h5-8,12H,9,19H2,1-4H3,(H,20,22). The average molecular weight is 384 g/mol. The highest BCUT2D eigenvalue weighted by Gasteiger charge is 2.48. The van der Waals surface area contributed by atoms with E-state index in [1.165, 1.54) is 0 Å². The molecule has 1 unspecified atom stereocenters. The maximum Gasteiger partial charge on any atom is 0.288 e. The predicted molar refractivity (Wildman–Crippen MR) is 99.8 cm³/mol. The van der Waals surface area contributed by atoms with E-state index in [1.807, 2.05) is 0 Å². The summed E-state index contributed by atoms with van der Waals surface area (Å²) in [6.07, 6.45) is 0. The first-order chi connectivity index (χ1) is 11.4. The van der Waals surface area contributed by atoms with Crippen LogP contribution < -0.4 is 11.1 Å². The number of imide groups is 1. The Hall–Kier alpha value is -1.57. The third-order valence-electron chi connectivity index (χ3n) is 3.73. The number of hydrogen-bond donors (Lipinski definition) is 2. The SMILES string of the molecule is CC(C)(N)CN1C(=O)SC(C)(C)C(NC(=O)c2ccc(Cl)cc2)C1=O. The van der Waals surface area contributed by atoms with Crippen molar-refractivity contribution in [2.24, 2.45) is 5.73 Å². The number of rotatable bonds is 4. The quantitative estimate of drug-likeness (QED) is 0.833. The summed E-state index contributed by atoms with van der Waals surface area (Å²) >= 11 is 6.85. The molecule has 3 amide bonds. The molecule has 1 aromatic carbocycles. The topological polar surface area (TPSA) is 92.5 Å². The van der Waals surface area contributed by atoms with E-state index in [4.69, 9.17) is 17.3 Å². The van der Waals surface area contributed by atoms with E-state index in [0.29, 0.717) is 10.6 Å². The minimum absolute atomic E-state index is 0.0844. The van der Waals surface area contributed by atoms with Gasteiger partial charge in [-0.15, -0.1) is 0 Å². The van der Waals surface area contributed by atoms with E-state index in [0.717, 1.165) is 16.7 Å². The molecular formula is C17H22ClN3O3S. The van der Waals surface area contributed by atoms with Gasteiger partial charge in [0.25, 0.3) is 17.1 Å². The average Bonchev–Trinajstić information content (AvgIpc) is 2.47. The molecule has 2 rings (SSSR count). The first kappa shape index (κ1) is 19.8. The zero-order valence-electron chi connectivity index (χ0n) is 14.6. The van der Waals surface area contributed by atoms with Crippen molar-refractivity contribution in [1.82, 2.24) is 10.2 Å². The number of amides is 3. The Balaban J connectivity index is 2.24. The number of nitrogens with one attached hydrogen (secondary N) is 1. The highest BCUT2D eigenvalue weighted by Crippen LogP contribution is 2.36. The van der Waals surface area contributed by atoms with E-state index >= 15 is 0 Å². The van der Waals surface area contributed by atoms with Crippen LogP contribution >= 0.6 is 23.4 Å². The van der Waals surface area contributed by atoms with Gasteiger partial charge in [0.15, 0.2) is 0 Å². The predicted octanol–water partition coefficient (Wildman–Crippen LogP) is 2.65. The van der Waals surface area contributed by atoms with Gasteiger partial charge in [0, 0.05) is 27.4 Å². The molecule has 1 heterocycles. The lowest BCUT2D eigenvalue weighted by atomic mass is 9.99. The van der Waals surface area contributed by atoms with Gasteiger partial charge in [0.1, 0.15) is 6.04 Å². The monoisotopic (exact) mass is 383 g/mol. The number of nitrogens with two attached hydrogens (primary N) is 1. The summed E-state index contributed by atoms with van der Waals surface area (Å²) in [6.45, 7) is 7.07. The second kappa shape index (κ2) is 6.97. The van der Waals surface area contributed by atoms with Crippen LogP contribution in [0.25, 0.3) is 0 Å². The van der Waals surface area contributed by atoms with Crippen LogP contribution in [0.2, 0.25) is 5.02 Å². The van der Waals surface area contributed by atoms with Gasteiger partial charge in [-0.1, -0.05) is 23.4 Å². The molecule has 6 nitrogen and oxygen atoms in total. The number of carbonyl (C=O) groups excluding carboxylic acids is 3. The van der Waals surface area contributed by atoms with Gasteiger partial charge < -0.3 is 11.1 Å². The second-order valence-corrected chi connectivity index (χ2v) is 9.34. The van der Waals surface area contributed by atoms with Crippen LogP contribution in [0.15, 0.2) is 24.3 Å². The Morgan fingerprint density at radius 3 is 2.40 bits per heavy atom. The molecular weight excluding hydrogens is 362 g/mol. The first-order valence-corrected chi connectivity index (χ1v) is 9.00. The van der Waals surface area contributed by atoms with Crippen molar-refractivity contribution in [2.75, 3.05) is 6.54 Å². The first-order valence-electron chi connectivity index (χ1n) is 7.80. The van der Waals surface area contributed by atoms with Crippen LogP contribution in [-0.2, 0) is 4.79 Å². The molecule has 1 aliphatic heterocycles. The van der Waals surface area contributed by atoms with E-state index in [1.54, 1.807) is 52.0 Å². The van der Waals surface area contributed by atoms with Crippen molar-refractivity contribution in [3.05, 3.63) is 34.9 Å². The molecule has 1 atom stereocenters. The molecule has 0 aliphatic carbocycles. The molecule has 1 saturated heterocycles. The Kier molecular flexibility index (Phi) is 5.51. The lowest BCUT2D eigenvalue weighted by Gasteiger charge is -2.42. The van der Waals surface area contributed by atoms with Gasteiger partial charge in [-0.3, -0.25) is 19.3 Å². The number of halogens is 1. The molecule has 1 aromatic rings. The van der Waals surface area contributed by atoms with Crippen molar-refractivity contribution in [3.8, 4) is 0 Å². The molecule has 0 spiro atoms. The van der Waals surface area contributed by atoms with Crippen molar-refractivity contribution in [2.45, 2.75) is 44.0 Å². The smallest absolute Gasteiger partial charge is 0.288 e. The summed E-state index contributed by atoms with van der Waals surface area (Å²) in [5.41, 5.74) is 5.62. The summed E-state index contributed by atoms with van der Waals surface area (Å²) in [5, 5.41) is 2.90. The number of nitrogens with zero attached hydrogens (tertiary/aromatic N) is 1. The summed E-state index contributed by atoms with van der Waals surface area (Å²) < 4.78 is -0.772. The summed E-state index contributed by atoms with van der Waals surface area (Å²) in [5.74, 6) is -0.848. The Morgan fingerprint density at radius 1 is 1.32 bits per heavy atom. The van der Waals surface area contributed by atoms with Crippen molar-refractivity contribution >= 4 is 40.4 Å². The van der Waals surface area contributed by atoms with Gasteiger partial charge in [0.2, 0.25) is 0 Å². The Labute approximate surface area is 156 Å². The fraction of sp³-hybridized carbons (Fsp3) is 0.471. The molecule has 0 aromatic heterocycles. The highest BCUT2D eigenvalue weighted by atomic mass is 35.5. The Morgan fingerprint density at radius 2 is 1.88 bits per heavy atom. The fourth-order valence-corrected chi connectivity index (χ4v) is 3.60. The zero-order valence-corrected chi connectivity index (χ0v) is 16.2. The fourth-order valence-electron chi connectivity index (χ4n) is 2.48. The largest absolute Gasteiger partial charge is 0.339 e. The van der Waals surface area contributed by atoms with Crippen LogP contribution in [0.5, 0.6) is 0 Å². The molecule has 8 heteroatoms. The Bertz CT molecular complexity index is 698. The van der Waals surface area contributed by atoms with E-state index in [2.05, 4.69) is 5.32 Å². The minimum Gasteiger partial charge on any atom is -0.339 e. The highest BCUT2D eigenvalue weighted by molar-refractivity contribution is 8.14. The third kappa shape index (κ3) is 4.74. The van der Waals surface area contributed by atoms with Gasteiger partial charge in [-0.05, 0) is 52.0 Å². The molecule has 1 aliphatic rings. The van der Waals surface area contributed by atoms with E-state index < -0.39 is 28.1 Å². The van der Waals surface area contributed by atoms with Gasteiger partial charge >= 0.3 is 0 Å². The van der Waals surface area contributed by atoms with Crippen molar-refractivity contribution in [3.63, 3.8) is 0 Å². The van der Waals surface area contributed by atoms with Crippen LogP contribution in [0.3, 0.4) is 0 Å². The van der Waals surface area contributed by atoms with Crippen LogP contribution in [0.1, 0.15) is 38.1 Å². The molecule has 0 saturated carbocycles. The van der Waals surface area contributed by atoms with Crippen LogP contribution in [-0.4, -0.2) is 44.8 Å². The lowest BCUT2D eigenvalue weighted by Crippen LogP contribution is -2.64. The maximum atomic E-state index is 12.9. The third-order valence-corrected chi connectivity index (χ3v) is 5.14.